The van der Waals surface area contributed by atoms with E-state index in [9.17, 15) is 38.4 Å². The summed E-state index contributed by atoms with van der Waals surface area (Å²) in [5.74, 6) is -9.18. The number of hydrogen-bond acceptors (Lipinski definition) is 15. The van der Waals surface area contributed by atoms with Gasteiger partial charge in [-0.3, -0.25) is 33.6 Å². The number of fused-ring (bicyclic) bond motifs is 1. The summed E-state index contributed by atoms with van der Waals surface area (Å²) in [5.41, 5.74) is -5.27. The molecule has 306 valence electrons. The number of esters is 7. The lowest BCUT2D eigenvalue weighted by Gasteiger charge is -2.42. The largest absolute Gasteiger partial charge is 0.462 e. The minimum atomic E-state index is -2.25. The van der Waals surface area contributed by atoms with Crippen LogP contribution in [-0.2, 0) is 66.7 Å². The van der Waals surface area contributed by atoms with Crippen LogP contribution in [0.3, 0.4) is 0 Å². The maximum absolute atomic E-state index is 14.9. The summed E-state index contributed by atoms with van der Waals surface area (Å²) in [4.78, 5) is 106. The van der Waals surface area contributed by atoms with Crippen LogP contribution in [0.15, 0.2) is 54.6 Å². The van der Waals surface area contributed by atoms with Crippen molar-refractivity contribution < 1.29 is 71.5 Å². The van der Waals surface area contributed by atoms with E-state index >= 15 is 0 Å². The second-order valence-corrected chi connectivity index (χ2v) is 15.2. The zero-order valence-corrected chi connectivity index (χ0v) is 33.5. The minimum Gasteiger partial charge on any atom is -0.462 e. The fraction of sp³-hybridized carbons (Fsp3) is 0.561. The smallest absolute Gasteiger partial charge is 0.338 e. The fourth-order valence-corrected chi connectivity index (χ4v) is 7.78. The molecule has 0 unspecified atom stereocenters. The molecule has 0 spiro atoms. The number of carbonyl (C=O) groups excluding carboxylic acids is 8. The molecule has 1 aromatic carbocycles. The third kappa shape index (κ3) is 10.7. The second-order valence-electron chi connectivity index (χ2n) is 15.2. The monoisotopic (exact) mass is 784 g/mol. The van der Waals surface area contributed by atoms with Gasteiger partial charge in [0.05, 0.1) is 11.5 Å². The number of carbonyl (C=O) groups is 8. The molecule has 0 radical (unpaired) electrons. The van der Waals surface area contributed by atoms with Gasteiger partial charge in [-0.25, -0.2) is 4.79 Å². The van der Waals surface area contributed by atoms with E-state index in [4.69, 9.17) is 33.2 Å². The molecule has 0 bridgehead atoms. The van der Waals surface area contributed by atoms with Gasteiger partial charge in [-0.05, 0) is 31.1 Å². The lowest BCUT2D eigenvalue weighted by atomic mass is 9.73. The first-order chi connectivity index (χ1) is 25.9. The number of ketones is 1. The van der Waals surface area contributed by atoms with E-state index in [0.717, 1.165) is 41.5 Å². The predicted octanol–water partition coefficient (Wildman–Crippen LogP) is 4.72. The van der Waals surface area contributed by atoms with Gasteiger partial charge >= 0.3 is 41.8 Å². The maximum Gasteiger partial charge on any atom is 0.338 e. The molecule has 3 rings (SSSR count). The van der Waals surface area contributed by atoms with Gasteiger partial charge in [0, 0.05) is 65.7 Å². The average molecular weight is 785 g/mol. The van der Waals surface area contributed by atoms with Gasteiger partial charge in [0.2, 0.25) is 0 Å². The van der Waals surface area contributed by atoms with Crippen LogP contribution in [0.4, 0.5) is 0 Å². The van der Waals surface area contributed by atoms with Crippen molar-refractivity contribution in [1.29, 1.82) is 0 Å². The molecule has 1 fully saturated rings. The maximum atomic E-state index is 14.9. The Hall–Kier alpha value is -5.34. The van der Waals surface area contributed by atoms with Crippen LogP contribution in [0.1, 0.15) is 98.9 Å². The summed E-state index contributed by atoms with van der Waals surface area (Å²) in [6.45, 7) is 17.1. The van der Waals surface area contributed by atoms with Gasteiger partial charge in [0.25, 0.3) is 0 Å². The van der Waals surface area contributed by atoms with E-state index in [0.29, 0.717) is 0 Å². The van der Waals surface area contributed by atoms with Crippen molar-refractivity contribution in [2.24, 2.45) is 17.3 Å². The standard InChI is InChI=1S/C41H52O15/c1-22-16-15-19-39(9,10)37(53-27(6)45)34(51-25(4)43)33(54-38(49)30-17-13-12-14-18-30)23(2)20-31(50-24(3)42)32-36(52-26(5)44)40(11,55-28(7)46)21-41(32,35(22)48)56-29(8)47/h12-15,17-19,22,31-34,36-37H,2,16,20-21H2,1,3-11H3/b19-15-/t22-,31-,32-,33-,34+,36+,37+,40+,41+/m0/s1. The van der Waals surface area contributed by atoms with E-state index in [1.807, 2.05) is 0 Å². The number of hydrogen-bond donors (Lipinski definition) is 0. The van der Waals surface area contributed by atoms with Crippen molar-refractivity contribution in [3.05, 3.63) is 60.2 Å². The topological polar surface area (TPSA) is 201 Å². The molecule has 0 aliphatic heterocycles. The van der Waals surface area contributed by atoms with Crippen molar-refractivity contribution in [3.63, 3.8) is 0 Å². The summed E-state index contributed by atoms with van der Waals surface area (Å²) in [7, 11) is 0. The summed E-state index contributed by atoms with van der Waals surface area (Å²) >= 11 is 0. The van der Waals surface area contributed by atoms with E-state index in [1.165, 1.54) is 19.1 Å². The molecule has 0 saturated heterocycles. The lowest BCUT2D eigenvalue weighted by Crippen LogP contribution is -2.57. The average Bonchev–Trinajstić information content (AvgIpc) is 3.29. The first kappa shape index (κ1) is 45.1. The van der Waals surface area contributed by atoms with Crippen molar-refractivity contribution in [2.45, 2.75) is 130 Å². The van der Waals surface area contributed by atoms with Crippen molar-refractivity contribution in [3.8, 4) is 0 Å². The molecule has 2 aliphatic carbocycles. The van der Waals surface area contributed by atoms with Crippen LogP contribution in [-0.4, -0.2) is 89.3 Å². The van der Waals surface area contributed by atoms with Gasteiger partial charge in [0.15, 0.2) is 41.4 Å². The Labute approximate surface area is 326 Å². The zero-order chi connectivity index (χ0) is 42.3. The SMILES string of the molecule is C=C1C[C@H](OC(C)=O)[C@H]2[C@@H](OC(C)=O)[C@](C)(OC(C)=O)C[C@]2(OC(C)=O)C(=O)[C@@H](C)C/C=C\C(C)(C)[C@H](OC(C)=O)[C@H](OC(C)=O)[C@H]1OC(=O)c1ccccc1. The van der Waals surface area contributed by atoms with E-state index < -0.39 is 119 Å². The van der Waals surface area contributed by atoms with E-state index in [2.05, 4.69) is 6.58 Å². The van der Waals surface area contributed by atoms with Gasteiger partial charge in [-0.15, -0.1) is 0 Å². The summed E-state index contributed by atoms with van der Waals surface area (Å²) in [5, 5.41) is 0. The Balaban J connectivity index is 2.49. The highest BCUT2D eigenvalue weighted by molar-refractivity contribution is 5.93. The Morgan fingerprint density at radius 2 is 1.23 bits per heavy atom. The van der Waals surface area contributed by atoms with E-state index in [-0.39, 0.29) is 17.6 Å². The third-order valence-electron chi connectivity index (χ3n) is 9.73. The van der Waals surface area contributed by atoms with Crippen LogP contribution < -0.4 is 0 Å². The third-order valence-corrected chi connectivity index (χ3v) is 9.73. The molecule has 0 heterocycles. The molecule has 56 heavy (non-hydrogen) atoms. The Morgan fingerprint density at radius 3 is 1.75 bits per heavy atom. The van der Waals surface area contributed by atoms with Crippen LogP contribution in [0.2, 0.25) is 0 Å². The molecule has 1 saturated carbocycles. The molecular formula is C41H52O15. The molecule has 2 aliphatic rings. The Bertz CT molecular complexity index is 1750. The molecule has 0 amide bonds. The zero-order valence-electron chi connectivity index (χ0n) is 33.5. The molecule has 15 nitrogen and oxygen atoms in total. The van der Waals surface area contributed by atoms with Crippen LogP contribution in [0.5, 0.6) is 0 Å². The summed E-state index contributed by atoms with van der Waals surface area (Å²) in [6.07, 6.45) is -5.50. The number of Topliss-reactive ketones (excluding diaryl/α,β-unsaturated/α-hetero) is 1. The minimum absolute atomic E-state index is 0.00287. The molecule has 15 heteroatoms. The summed E-state index contributed by atoms with van der Waals surface area (Å²) in [6, 6.07) is 7.82. The van der Waals surface area contributed by atoms with Gasteiger partial charge in [-0.1, -0.05) is 57.7 Å². The fourth-order valence-electron chi connectivity index (χ4n) is 7.78. The molecule has 0 N–H and O–H groups in total. The Morgan fingerprint density at radius 1 is 0.696 bits per heavy atom. The number of rotatable bonds is 8. The highest BCUT2D eigenvalue weighted by Crippen LogP contribution is 2.53. The van der Waals surface area contributed by atoms with Gasteiger partial charge in [-0.2, -0.15) is 0 Å². The summed E-state index contributed by atoms with van der Waals surface area (Å²) < 4.78 is 41.2. The lowest BCUT2D eigenvalue weighted by molar-refractivity contribution is -0.192. The second kappa shape index (κ2) is 18.1. The molecule has 0 aromatic heterocycles. The Kier molecular flexibility index (Phi) is 14.5. The van der Waals surface area contributed by atoms with Gasteiger partial charge in [0.1, 0.15) is 6.10 Å². The molecule has 1 aromatic rings. The number of allylic oxidation sites excluding steroid dienone is 1. The van der Waals surface area contributed by atoms with E-state index in [1.54, 1.807) is 51.1 Å². The van der Waals surface area contributed by atoms with Crippen molar-refractivity contribution >= 4 is 47.6 Å². The normalized spacial score (nSPS) is 30.9. The molecular weight excluding hydrogens is 732 g/mol. The first-order valence-electron chi connectivity index (χ1n) is 18.2. The van der Waals surface area contributed by atoms with Gasteiger partial charge < -0.3 is 33.2 Å². The molecule has 9 atom stereocenters. The highest BCUT2D eigenvalue weighted by atomic mass is 16.6. The van der Waals surface area contributed by atoms with Crippen LogP contribution >= 0.6 is 0 Å². The van der Waals surface area contributed by atoms with Crippen LogP contribution in [0.25, 0.3) is 0 Å². The number of ether oxygens (including phenoxy) is 7. The van der Waals surface area contributed by atoms with Crippen molar-refractivity contribution in [2.75, 3.05) is 0 Å². The highest BCUT2D eigenvalue weighted by Gasteiger charge is 2.71. The number of benzene rings is 1. The first-order valence-corrected chi connectivity index (χ1v) is 18.2. The van der Waals surface area contributed by atoms with Crippen LogP contribution in [0, 0.1) is 17.3 Å². The quantitative estimate of drug-likeness (QED) is 0.199. The predicted molar refractivity (Wildman–Crippen MR) is 196 cm³/mol. The van der Waals surface area contributed by atoms with Crippen molar-refractivity contribution in [1.82, 2.24) is 0 Å².